The van der Waals surface area contributed by atoms with Crippen LogP contribution >= 0.6 is 0 Å². The molecule has 126 valence electrons. The van der Waals surface area contributed by atoms with Gasteiger partial charge in [-0.1, -0.05) is 0 Å². The minimum absolute atomic E-state index is 0.146. The molecule has 0 unspecified atom stereocenters. The number of nitrogens with one attached hydrogen (secondary N) is 1. The van der Waals surface area contributed by atoms with Crippen molar-refractivity contribution >= 4 is 11.2 Å². The van der Waals surface area contributed by atoms with Gasteiger partial charge in [0.2, 0.25) is 0 Å². The predicted molar refractivity (Wildman–Crippen MR) is 76.8 cm³/mol. The summed E-state index contributed by atoms with van der Waals surface area (Å²) >= 11 is 0. The van der Waals surface area contributed by atoms with Crippen LogP contribution in [0.15, 0.2) is 17.4 Å². The Hall–Kier alpha value is -1.85. The average Bonchev–Trinajstić information content (AvgIpc) is 3.10. The molecule has 3 heterocycles. The fourth-order valence-electron chi connectivity index (χ4n) is 2.62. The highest BCUT2D eigenvalue weighted by Crippen LogP contribution is 2.32. The van der Waals surface area contributed by atoms with E-state index in [1.165, 1.54) is 24.3 Å². The van der Waals surface area contributed by atoms with Gasteiger partial charge in [0, 0.05) is 7.11 Å². The maximum absolute atomic E-state index is 11.7. The third-order valence-electron chi connectivity index (χ3n) is 3.73. The van der Waals surface area contributed by atoms with Crippen LogP contribution in [0.2, 0.25) is 0 Å². The number of ether oxygens (including phenoxy) is 3. The van der Waals surface area contributed by atoms with E-state index in [1.807, 2.05) is 0 Å². The number of aromatic amines is 1. The van der Waals surface area contributed by atoms with Crippen LogP contribution in [-0.4, -0.2) is 75.0 Å². The molecule has 3 rings (SSSR count). The van der Waals surface area contributed by atoms with Crippen LogP contribution in [0.3, 0.4) is 0 Å². The van der Waals surface area contributed by atoms with Crippen LogP contribution in [0.25, 0.3) is 11.2 Å². The van der Waals surface area contributed by atoms with Crippen molar-refractivity contribution in [3.8, 4) is 0 Å². The number of nitrogens with zero attached hydrogens (tertiary/aromatic N) is 3. The number of aliphatic hydroxyl groups excluding tert-OH is 2. The number of rotatable bonds is 6. The third kappa shape index (κ3) is 2.86. The fourth-order valence-corrected chi connectivity index (χ4v) is 2.62. The second-order valence-electron chi connectivity index (χ2n) is 5.12. The number of aromatic nitrogens is 4. The van der Waals surface area contributed by atoms with E-state index in [1.54, 1.807) is 0 Å². The van der Waals surface area contributed by atoms with Gasteiger partial charge in [-0.15, -0.1) is 0 Å². The number of methoxy groups -OCH3 is 1. The molecule has 0 spiro atoms. The molecule has 1 fully saturated rings. The highest BCUT2D eigenvalue weighted by Gasteiger charge is 2.45. The zero-order valence-corrected chi connectivity index (χ0v) is 12.5. The molecule has 0 bridgehead atoms. The van der Waals surface area contributed by atoms with Crippen molar-refractivity contribution in [3.05, 3.63) is 23.0 Å². The highest BCUT2D eigenvalue weighted by molar-refractivity contribution is 5.68. The van der Waals surface area contributed by atoms with Crippen LogP contribution in [0, 0.1) is 0 Å². The van der Waals surface area contributed by atoms with Crippen LogP contribution in [0.1, 0.15) is 6.23 Å². The molecule has 0 radical (unpaired) electrons. The summed E-state index contributed by atoms with van der Waals surface area (Å²) in [6, 6.07) is 0. The number of hydrogen-bond donors (Lipinski definition) is 3. The van der Waals surface area contributed by atoms with E-state index < -0.39 is 24.5 Å². The normalized spacial score (nSPS) is 27.8. The lowest BCUT2D eigenvalue weighted by Gasteiger charge is -2.19. The van der Waals surface area contributed by atoms with E-state index in [0.29, 0.717) is 6.61 Å². The van der Waals surface area contributed by atoms with E-state index in [-0.39, 0.29) is 29.9 Å². The van der Waals surface area contributed by atoms with E-state index in [4.69, 9.17) is 14.2 Å². The summed E-state index contributed by atoms with van der Waals surface area (Å²) in [6.45, 7) is 0.302. The van der Waals surface area contributed by atoms with Crippen molar-refractivity contribution in [2.75, 3.05) is 26.9 Å². The molecule has 10 nitrogen and oxygen atoms in total. The lowest BCUT2D eigenvalue weighted by molar-refractivity contribution is -0.0678. The molecule has 1 aliphatic heterocycles. The molecule has 10 heteroatoms. The number of H-pyrrole nitrogens is 1. The smallest absolute Gasteiger partial charge is 0.278 e. The Morgan fingerprint density at radius 1 is 1.43 bits per heavy atom. The van der Waals surface area contributed by atoms with Gasteiger partial charge in [-0.3, -0.25) is 9.36 Å². The Morgan fingerprint density at radius 3 is 3.00 bits per heavy atom. The zero-order valence-electron chi connectivity index (χ0n) is 12.5. The Kier molecular flexibility index (Phi) is 4.68. The van der Waals surface area contributed by atoms with Crippen molar-refractivity contribution in [1.29, 1.82) is 0 Å². The monoisotopic (exact) mass is 326 g/mol. The van der Waals surface area contributed by atoms with Crippen LogP contribution in [-0.2, 0) is 14.2 Å². The summed E-state index contributed by atoms with van der Waals surface area (Å²) in [6.07, 6.45) is -0.722. The average molecular weight is 326 g/mol. The second kappa shape index (κ2) is 6.72. The minimum atomic E-state index is -1.05. The zero-order chi connectivity index (χ0) is 16.4. The minimum Gasteiger partial charge on any atom is -0.394 e. The molecule has 0 amide bonds. The molecular weight excluding hydrogens is 308 g/mol. The van der Waals surface area contributed by atoms with E-state index in [0.717, 1.165) is 0 Å². The first-order valence-electron chi connectivity index (χ1n) is 7.12. The standard InChI is InChI=1S/C13H18N4O6/c1-21-2-3-22-10-7(4-18)23-13(9(10)19)17-6-16-8-11(17)14-5-15-12(8)20/h5-7,9-10,13,18-19H,2-4H2,1H3,(H,14,15,20)/t7-,9-,10-,13-/m1/s1. The Bertz CT molecular complexity index is 716. The van der Waals surface area contributed by atoms with Gasteiger partial charge >= 0.3 is 0 Å². The maximum atomic E-state index is 11.7. The molecule has 23 heavy (non-hydrogen) atoms. The SMILES string of the molecule is COCCO[C@H]1[C@@H](O)[C@H](n2cnc3c(=O)[nH]cnc32)O[C@@H]1CO. The molecule has 0 aromatic carbocycles. The summed E-state index contributed by atoms with van der Waals surface area (Å²) in [4.78, 5) is 22.2. The third-order valence-corrected chi connectivity index (χ3v) is 3.73. The van der Waals surface area contributed by atoms with Gasteiger partial charge in [-0.2, -0.15) is 0 Å². The molecular formula is C13H18N4O6. The molecule has 2 aromatic rings. The first kappa shape index (κ1) is 16.0. The van der Waals surface area contributed by atoms with Gasteiger partial charge in [0.25, 0.3) is 5.56 Å². The molecule has 1 aliphatic rings. The maximum Gasteiger partial charge on any atom is 0.278 e. The first-order valence-corrected chi connectivity index (χ1v) is 7.12. The lowest BCUT2D eigenvalue weighted by Crippen LogP contribution is -2.37. The summed E-state index contributed by atoms with van der Waals surface area (Å²) in [5.74, 6) is 0. The molecule has 1 saturated heterocycles. The van der Waals surface area contributed by atoms with Gasteiger partial charge in [-0.25, -0.2) is 9.97 Å². The van der Waals surface area contributed by atoms with Crippen LogP contribution in [0.4, 0.5) is 0 Å². The largest absolute Gasteiger partial charge is 0.394 e. The van der Waals surface area contributed by atoms with Crippen molar-refractivity contribution in [1.82, 2.24) is 19.5 Å². The quantitative estimate of drug-likeness (QED) is 0.541. The first-order chi connectivity index (χ1) is 11.2. The summed E-state index contributed by atoms with van der Waals surface area (Å²) in [7, 11) is 1.54. The fraction of sp³-hybridized carbons (Fsp3) is 0.615. The second-order valence-corrected chi connectivity index (χ2v) is 5.12. The molecule has 0 aliphatic carbocycles. The number of imidazole rings is 1. The summed E-state index contributed by atoms with van der Waals surface area (Å²) < 4.78 is 17.6. The van der Waals surface area contributed by atoms with Gasteiger partial charge in [0.05, 0.1) is 32.5 Å². The highest BCUT2D eigenvalue weighted by atomic mass is 16.6. The summed E-state index contributed by atoms with van der Waals surface area (Å²) in [5, 5.41) is 19.9. The lowest BCUT2D eigenvalue weighted by atomic mass is 10.1. The van der Waals surface area contributed by atoms with Gasteiger partial charge in [-0.05, 0) is 0 Å². The predicted octanol–water partition coefficient (Wildman–Crippen LogP) is -1.60. The Balaban J connectivity index is 1.87. The Labute approximate surface area is 130 Å². The molecule has 2 aromatic heterocycles. The van der Waals surface area contributed by atoms with Crippen molar-refractivity contribution in [3.63, 3.8) is 0 Å². The van der Waals surface area contributed by atoms with Crippen LogP contribution < -0.4 is 5.56 Å². The van der Waals surface area contributed by atoms with Gasteiger partial charge < -0.3 is 29.4 Å². The Morgan fingerprint density at radius 2 is 2.26 bits per heavy atom. The number of fused-ring (bicyclic) bond motifs is 1. The summed E-state index contributed by atoms with van der Waals surface area (Å²) in [5.41, 5.74) is 0.0486. The van der Waals surface area contributed by atoms with Crippen LogP contribution in [0.5, 0.6) is 0 Å². The van der Waals surface area contributed by atoms with Gasteiger partial charge in [0.1, 0.15) is 18.3 Å². The van der Waals surface area contributed by atoms with Gasteiger partial charge in [0.15, 0.2) is 17.4 Å². The number of aliphatic hydroxyl groups is 2. The van der Waals surface area contributed by atoms with Crippen molar-refractivity contribution in [2.24, 2.45) is 0 Å². The van der Waals surface area contributed by atoms with E-state index in [9.17, 15) is 15.0 Å². The van der Waals surface area contributed by atoms with Crippen molar-refractivity contribution in [2.45, 2.75) is 24.5 Å². The molecule has 3 N–H and O–H groups in total. The topological polar surface area (TPSA) is 132 Å². The molecule has 0 saturated carbocycles. The van der Waals surface area contributed by atoms with E-state index >= 15 is 0 Å². The molecule has 4 atom stereocenters. The van der Waals surface area contributed by atoms with E-state index in [2.05, 4.69) is 15.0 Å². The number of hydrogen-bond acceptors (Lipinski definition) is 8. The van der Waals surface area contributed by atoms with Crippen molar-refractivity contribution < 1.29 is 24.4 Å².